The van der Waals surface area contributed by atoms with Crippen LogP contribution in [0.1, 0.15) is 5.56 Å². The fourth-order valence-corrected chi connectivity index (χ4v) is 3.58. The van der Waals surface area contributed by atoms with Crippen LogP contribution >= 0.6 is 0 Å². The average Bonchev–Trinajstić information content (AvgIpc) is 3.19. The highest BCUT2D eigenvalue weighted by atomic mass is 16.5. The van der Waals surface area contributed by atoms with E-state index in [9.17, 15) is 0 Å². The van der Waals surface area contributed by atoms with Crippen molar-refractivity contribution in [2.24, 2.45) is 0 Å². The van der Waals surface area contributed by atoms with Crippen LogP contribution in [0.2, 0.25) is 0 Å². The van der Waals surface area contributed by atoms with Gasteiger partial charge in [-0.1, -0.05) is 36.4 Å². The molecule has 0 atom stereocenters. The second-order valence-corrected chi connectivity index (χ2v) is 7.14. The molecule has 0 aliphatic carbocycles. The Hall–Kier alpha value is -4.46. The highest BCUT2D eigenvalue weighted by Gasteiger charge is 2.21. The molecule has 2 aromatic carbocycles. The van der Waals surface area contributed by atoms with Crippen LogP contribution in [-0.4, -0.2) is 31.8 Å². The first kappa shape index (κ1) is 19.5. The van der Waals surface area contributed by atoms with Gasteiger partial charge in [0.05, 0.1) is 23.9 Å². The molecule has 3 heterocycles. The Labute approximate surface area is 184 Å². The van der Waals surface area contributed by atoms with Crippen molar-refractivity contribution in [3.63, 3.8) is 0 Å². The molecule has 3 N–H and O–H groups in total. The first-order chi connectivity index (χ1) is 15.7. The fourth-order valence-electron chi connectivity index (χ4n) is 3.58. The van der Waals surface area contributed by atoms with E-state index in [0.717, 1.165) is 16.8 Å². The van der Waals surface area contributed by atoms with Crippen LogP contribution in [-0.2, 0) is 6.54 Å². The number of ether oxygens (including phenoxy) is 1. The van der Waals surface area contributed by atoms with Gasteiger partial charge in [0.1, 0.15) is 11.6 Å². The van der Waals surface area contributed by atoms with Crippen molar-refractivity contribution in [2.45, 2.75) is 6.54 Å². The molecule has 0 saturated carbocycles. The van der Waals surface area contributed by atoms with Crippen LogP contribution in [0.25, 0.3) is 28.0 Å². The summed E-state index contributed by atoms with van der Waals surface area (Å²) >= 11 is 0. The molecule has 0 spiro atoms. The van der Waals surface area contributed by atoms with Crippen molar-refractivity contribution in [1.29, 1.82) is 0 Å². The zero-order chi connectivity index (χ0) is 21.9. The Morgan fingerprint density at radius 3 is 2.56 bits per heavy atom. The highest BCUT2D eigenvalue weighted by molar-refractivity contribution is 6.00. The maximum atomic E-state index is 6.57. The number of hydrogen-bond acceptors (Lipinski definition) is 7. The van der Waals surface area contributed by atoms with Gasteiger partial charge in [-0.2, -0.15) is 4.98 Å². The van der Waals surface area contributed by atoms with E-state index in [-0.39, 0.29) is 0 Å². The SMILES string of the molecule is COc1ccccc1-c1nc(NCc2cccnc2)nc2nn(-c3ccccc3)c(N)c12. The minimum Gasteiger partial charge on any atom is -0.496 e. The van der Waals surface area contributed by atoms with Gasteiger partial charge in [-0.25, -0.2) is 9.67 Å². The lowest BCUT2D eigenvalue weighted by molar-refractivity contribution is 0.416. The summed E-state index contributed by atoms with van der Waals surface area (Å²) < 4.78 is 7.28. The van der Waals surface area contributed by atoms with E-state index in [2.05, 4.69) is 20.4 Å². The summed E-state index contributed by atoms with van der Waals surface area (Å²) in [7, 11) is 1.63. The second-order valence-electron chi connectivity index (χ2n) is 7.14. The van der Waals surface area contributed by atoms with Gasteiger partial charge in [-0.3, -0.25) is 4.98 Å². The molecule has 8 heteroatoms. The predicted molar refractivity (Wildman–Crippen MR) is 125 cm³/mol. The number of benzene rings is 2. The van der Waals surface area contributed by atoms with E-state index in [0.29, 0.717) is 40.8 Å². The van der Waals surface area contributed by atoms with E-state index in [1.54, 1.807) is 24.2 Å². The maximum absolute atomic E-state index is 6.57. The van der Waals surface area contributed by atoms with Gasteiger partial charge in [0.25, 0.3) is 0 Å². The summed E-state index contributed by atoms with van der Waals surface area (Å²) in [6.07, 6.45) is 3.54. The van der Waals surface area contributed by atoms with Crippen LogP contribution in [0.4, 0.5) is 11.8 Å². The van der Waals surface area contributed by atoms with Crippen LogP contribution in [0.3, 0.4) is 0 Å². The smallest absolute Gasteiger partial charge is 0.225 e. The number of anilines is 2. The number of nitrogens with zero attached hydrogens (tertiary/aromatic N) is 5. The molecule has 0 aliphatic rings. The molecule has 0 radical (unpaired) electrons. The van der Waals surface area contributed by atoms with Gasteiger partial charge < -0.3 is 15.8 Å². The zero-order valence-corrected chi connectivity index (χ0v) is 17.4. The van der Waals surface area contributed by atoms with Crippen molar-refractivity contribution in [3.05, 3.63) is 84.7 Å². The van der Waals surface area contributed by atoms with Crippen LogP contribution in [0.5, 0.6) is 5.75 Å². The van der Waals surface area contributed by atoms with E-state index in [1.807, 2.05) is 66.7 Å². The van der Waals surface area contributed by atoms with Gasteiger partial charge in [-0.15, -0.1) is 5.10 Å². The Morgan fingerprint density at radius 1 is 0.969 bits per heavy atom. The third-order valence-corrected chi connectivity index (χ3v) is 5.11. The quantitative estimate of drug-likeness (QED) is 0.424. The lowest BCUT2D eigenvalue weighted by Crippen LogP contribution is -2.05. The molecule has 0 saturated heterocycles. The largest absolute Gasteiger partial charge is 0.496 e. The minimum atomic E-state index is 0.444. The van der Waals surface area contributed by atoms with Crippen molar-refractivity contribution < 1.29 is 4.74 Å². The number of fused-ring (bicyclic) bond motifs is 1. The summed E-state index contributed by atoms with van der Waals surface area (Å²) in [4.78, 5) is 13.6. The molecule has 0 bridgehead atoms. The molecule has 0 amide bonds. The van der Waals surface area contributed by atoms with Crippen LogP contribution in [0, 0.1) is 0 Å². The van der Waals surface area contributed by atoms with Gasteiger partial charge >= 0.3 is 0 Å². The number of nitrogen functional groups attached to an aromatic ring is 1. The summed E-state index contributed by atoms with van der Waals surface area (Å²) in [6.45, 7) is 0.527. The third-order valence-electron chi connectivity index (χ3n) is 5.11. The van der Waals surface area contributed by atoms with E-state index in [4.69, 9.17) is 15.5 Å². The Balaban J connectivity index is 1.68. The van der Waals surface area contributed by atoms with Gasteiger partial charge in [0.2, 0.25) is 5.95 Å². The monoisotopic (exact) mass is 423 g/mol. The number of rotatable bonds is 6. The number of methoxy groups -OCH3 is 1. The zero-order valence-electron chi connectivity index (χ0n) is 17.4. The summed E-state index contributed by atoms with van der Waals surface area (Å²) in [5, 5.41) is 8.63. The van der Waals surface area contributed by atoms with Gasteiger partial charge in [0.15, 0.2) is 5.65 Å². The number of nitrogens with one attached hydrogen (secondary N) is 1. The maximum Gasteiger partial charge on any atom is 0.225 e. The first-order valence-electron chi connectivity index (χ1n) is 10.1. The van der Waals surface area contributed by atoms with E-state index >= 15 is 0 Å². The highest BCUT2D eigenvalue weighted by Crippen LogP contribution is 2.37. The molecule has 3 aromatic heterocycles. The molecule has 8 nitrogen and oxygen atoms in total. The van der Waals surface area contributed by atoms with Gasteiger partial charge in [0, 0.05) is 24.5 Å². The number of para-hydroxylation sites is 2. The summed E-state index contributed by atoms with van der Waals surface area (Å²) in [6, 6.07) is 21.3. The average molecular weight is 423 g/mol. The molecular weight excluding hydrogens is 402 g/mol. The number of pyridine rings is 1. The molecule has 5 aromatic rings. The van der Waals surface area contributed by atoms with Gasteiger partial charge in [-0.05, 0) is 35.9 Å². The predicted octanol–water partition coefficient (Wildman–Crippen LogP) is 4.08. The second kappa shape index (κ2) is 8.35. The van der Waals surface area contributed by atoms with Crippen LogP contribution < -0.4 is 15.8 Å². The standard InChI is InChI=1S/C24H21N7O/c1-32-19-12-6-5-11-18(19)21-20-22(25)31(17-9-3-2-4-10-17)30-23(20)29-24(28-21)27-15-16-8-7-13-26-14-16/h2-14H,15,25H2,1H3,(H,27,29,30). The number of nitrogens with two attached hydrogens (primary N) is 1. The van der Waals surface area contributed by atoms with Crippen molar-refractivity contribution in [2.75, 3.05) is 18.2 Å². The normalized spacial score (nSPS) is 10.9. The first-order valence-corrected chi connectivity index (χ1v) is 10.1. The number of aromatic nitrogens is 5. The van der Waals surface area contributed by atoms with Crippen molar-refractivity contribution in [3.8, 4) is 22.7 Å². The van der Waals surface area contributed by atoms with E-state index < -0.39 is 0 Å². The Bertz CT molecular complexity index is 1370. The molecule has 158 valence electrons. The molecule has 0 fully saturated rings. The molecule has 0 aliphatic heterocycles. The minimum absolute atomic E-state index is 0.444. The molecular formula is C24H21N7O. The summed E-state index contributed by atoms with van der Waals surface area (Å²) in [5.41, 5.74) is 10.4. The Kier molecular flexibility index (Phi) is 5.09. The third kappa shape index (κ3) is 3.58. The molecule has 5 rings (SSSR count). The van der Waals surface area contributed by atoms with Crippen molar-refractivity contribution >= 4 is 22.8 Å². The number of hydrogen-bond donors (Lipinski definition) is 2. The van der Waals surface area contributed by atoms with Crippen molar-refractivity contribution in [1.82, 2.24) is 24.7 Å². The molecule has 0 unspecified atom stereocenters. The van der Waals surface area contributed by atoms with E-state index in [1.165, 1.54) is 0 Å². The lowest BCUT2D eigenvalue weighted by atomic mass is 10.1. The molecule has 32 heavy (non-hydrogen) atoms. The Morgan fingerprint density at radius 2 is 1.78 bits per heavy atom. The topological polar surface area (TPSA) is 104 Å². The van der Waals surface area contributed by atoms with Crippen LogP contribution in [0.15, 0.2) is 79.1 Å². The fraction of sp³-hybridized carbons (Fsp3) is 0.0833. The lowest BCUT2D eigenvalue weighted by Gasteiger charge is -2.11. The summed E-state index contributed by atoms with van der Waals surface area (Å²) in [5.74, 6) is 1.60.